The highest BCUT2D eigenvalue weighted by molar-refractivity contribution is 5.84. The molecule has 0 unspecified atom stereocenters. The Morgan fingerprint density at radius 1 is 1.00 bits per heavy atom. The molecular formula is C28H34N4. The van der Waals surface area contributed by atoms with E-state index in [0.29, 0.717) is 17.4 Å². The van der Waals surface area contributed by atoms with Crippen molar-refractivity contribution in [2.45, 2.75) is 59.3 Å². The first-order chi connectivity index (χ1) is 15.3. The van der Waals surface area contributed by atoms with Crippen molar-refractivity contribution >= 4 is 6.21 Å². The van der Waals surface area contributed by atoms with Crippen LogP contribution >= 0.6 is 0 Å². The third-order valence-electron chi connectivity index (χ3n) is 5.18. The minimum Gasteiger partial charge on any atom is -0.404 e. The first kappa shape index (κ1) is 24.9. The van der Waals surface area contributed by atoms with E-state index in [2.05, 4.69) is 85.4 Å². The molecule has 166 valence electrons. The average Bonchev–Trinajstić information content (AvgIpc) is 3.53. The molecule has 1 saturated carbocycles. The minimum atomic E-state index is 0.287. The molecule has 2 aromatic rings. The van der Waals surface area contributed by atoms with Crippen LogP contribution in [0.3, 0.4) is 0 Å². The van der Waals surface area contributed by atoms with Crippen LogP contribution < -0.4 is 5.73 Å². The number of rotatable bonds is 3. The van der Waals surface area contributed by atoms with E-state index in [0.717, 1.165) is 11.4 Å². The number of nitrogens with two attached hydrogens (primary N) is 1. The summed E-state index contributed by atoms with van der Waals surface area (Å²) in [6.07, 6.45) is 9.17. The van der Waals surface area contributed by atoms with Crippen molar-refractivity contribution in [3.63, 3.8) is 0 Å². The number of allylic oxidation sites excluding steroid dienone is 1. The Kier molecular flexibility index (Phi) is 9.23. The molecule has 0 saturated heterocycles. The van der Waals surface area contributed by atoms with Crippen LogP contribution in [0.25, 0.3) is 0 Å². The highest BCUT2D eigenvalue weighted by Gasteiger charge is 2.35. The van der Waals surface area contributed by atoms with E-state index >= 15 is 0 Å². The third kappa shape index (κ3) is 8.40. The fraction of sp³-hybridized carbons (Fsp3) is 0.393. The van der Waals surface area contributed by atoms with Crippen LogP contribution in [0.5, 0.6) is 0 Å². The lowest BCUT2D eigenvalue weighted by atomic mass is 10.0. The van der Waals surface area contributed by atoms with Crippen molar-refractivity contribution in [2.24, 2.45) is 16.1 Å². The Morgan fingerprint density at radius 2 is 1.53 bits per heavy atom. The van der Waals surface area contributed by atoms with E-state index in [9.17, 15) is 0 Å². The normalized spacial score (nSPS) is 14.2. The van der Waals surface area contributed by atoms with Crippen molar-refractivity contribution in [3.05, 3.63) is 70.9 Å². The van der Waals surface area contributed by atoms with Crippen molar-refractivity contribution in [1.82, 2.24) is 9.97 Å². The summed E-state index contributed by atoms with van der Waals surface area (Å²) < 4.78 is 0. The van der Waals surface area contributed by atoms with Gasteiger partial charge in [-0.1, -0.05) is 39.5 Å². The summed E-state index contributed by atoms with van der Waals surface area (Å²) in [6, 6.07) is 8.16. The molecule has 1 fully saturated rings. The summed E-state index contributed by atoms with van der Waals surface area (Å²) in [5, 5.41) is 0. The lowest BCUT2D eigenvalue weighted by Gasteiger charge is -2.04. The molecule has 0 aromatic carbocycles. The number of hydrogen-bond acceptors (Lipinski definition) is 4. The second-order valence-corrected chi connectivity index (χ2v) is 8.83. The zero-order valence-corrected chi connectivity index (χ0v) is 20.1. The van der Waals surface area contributed by atoms with E-state index in [-0.39, 0.29) is 5.41 Å². The maximum atomic E-state index is 5.42. The second kappa shape index (κ2) is 11.9. The minimum absolute atomic E-state index is 0.287. The fourth-order valence-corrected chi connectivity index (χ4v) is 2.67. The van der Waals surface area contributed by atoms with E-state index in [1.54, 1.807) is 19.5 Å². The lowest BCUT2D eigenvalue weighted by Crippen LogP contribution is -1.91. The van der Waals surface area contributed by atoms with Gasteiger partial charge in [-0.15, -0.1) is 0 Å². The molecule has 3 rings (SSSR count). The zero-order chi connectivity index (χ0) is 23.6. The summed E-state index contributed by atoms with van der Waals surface area (Å²) in [7, 11) is 1.68. The lowest BCUT2D eigenvalue weighted by molar-refractivity contribution is 0.782. The zero-order valence-electron chi connectivity index (χ0n) is 20.1. The largest absolute Gasteiger partial charge is 0.404 e. The molecule has 0 amide bonds. The molecule has 1 aliphatic carbocycles. The van der Waals surface area contributed by atoms with Crippen LogP contribution in [0.1, 0.15) is 81.8 Å². The molecule has 0 bridgehead atoms. The van der Waals surface area contributed by atoms with Crippen LogP contribution in [-0.2, 0) is 0 Å². The van der Waals surface area contributed by atoms with E-state index in [1.165, 1.54) is 30.2 Å². The van der Waals surface area contributed by atoms with Gasteiger partial charge in [-0.05, 0) is 78.8 Å². The highest BCUT2D eigenvalue weighted by atomic mass is 14.7. The summed E-state index contributed by atoms with van der Waals surface area (Å²) >= 11 is 0. The maximum Gasteiger partial charge on any atom is 0.113 e. The predicted molar refractivity (Wildman–Crippen MR) is 134 cm³/mol. The van der Waals surface area contributed by atoms with Gasteiger partial charge in [-0.25, -0.2) is 9.97 Å². The Hall–Kier alpha value is -3.37. The van der Waals surface area contributed by atoms with Gasteiger partial charge in [0.2, 0.25) is 0 Å². The van der Waals surface area contributed by atoms with Crippen molar-refractivity contribution in [3.8, 4) is 23.7 Å². The van der Waals surface area contributed by atoms with E-state index in [1.807, 2.05) is 18.3 Å². The molecule has 2 heterocycles. The fourth-order valence-electron chi connectivity index (χ4n) is 2.67. The number of aromatic nitrogens is 2. The Morgan fingerprint density at radius 3 is 1.97 bits per heavy atom. The van der Waals surface area contributed by atoms with Gasteiger partial charge in [0.25, 0.3) is 0 Å². The molecule has 4 heteroatoms. The SMILES string of the molecule is CC(C)c1ccnc(C#CC2(C)CC2)c1.CN=C/C(C#Cc1cc(C(C)C)ccn1)=C\N. The molecular weight excluding hydrogens is 392 g/mol. The summed E-state index contributed by atoms with van der Waals surface area (Å²) in [4.78, 5) is 12.3. The van der Waals surface area contributed by atoms with Crippen molar-refractivity contribution in [2.75, 3.05) is 7.05 Å². The molecule has 0 spiro atoms. The summed E-state index contributed by atoms with van der Waals surface area (Å²) in [5.74, 6) is 13.4. The molecule has 0 atom stereocenters. The molecule has 4 nitrogen and oxygen atoms in total. The van der Waals surface area contributed by atoms with Crippen LogP contribution in [-0.4, -0.2) is 23.2 Å². The monoisotopic (exact) mass is 426 g/mol. The molecule has 2 aromatic heterocycles. The smallest absolute Gasteiger partial charge is 0.113 e. The van der Waals surface area contributed by atoms with E-state index < -0.39 is 0 Å². The Bertz CT molecular complexity index is 1080. The van der Waals surface area contributed by atoms with Crippen LogP contribution in [0.2, 0.25) is 0 Å². The highest BCUT2D eigenvalue weighted by Crippen LogP contribution is 2.44. The molecule has 2 N–H and O–H groups in total. The summed E-state index contributed by atoms with van der Waals surface area (Å²) in [5.41, 5.74) is 10.6. The number of nitrogens with zero attached hydrogens (tertiary/aromatic N) is 3. The van der Waals surface area contributed by atoms with Gasteiger partial charge in [0, 0.05) is 37.3 Å². The van der Waals surface area contributed by atoms with Gasteiger partial charge in [-0.3, -0.25) is 4.99 Å². The van der Waals surface area contributed by atoms with Gasteiger partial charge in [0.1, 0.15) is 11.4 Å². The van der Waals surface area contributed by atoms with Crippen molar-refractivity contribution in [1.29, 1.82) is 0 Å². The van der Waals surface area contributed by atoms with Gasteiger partial charge in [-0.2, -0.15) is 0 Å². The molecule has 1 aliphatic rings. The van der Waals surface area contributed by atoms with Gasteiger partial charge < -0.3 is 5.73 Å². The van der Waals surface area contributed by atoms with Crippen molar-refractivity contribution < 1.29 is 0 Å². The Balaban J connectivity index is 0.000000228. The average molecular weight is 427 g/mol. The molecule has 32 heavy (non-hydrogen) atoms. The third-order valence-corrected chi connectivity index (χ3v) is 5.18. The number of aliphatic imine (C=N–C) groups is 1. The van der Waals surface area contributed by atoms with Gasteiger partial charge in [0.05, 0.1) is 5.57 Å². The summed E-state index contributed by atoms with van der Waals surface area (Å²) in [6.45, 7) is 10.9. The second-order valence-electron chi connectivity index (χ2n) is 8.83. The standard InChI is InChI=1S/C14H17N3.C14H17N/c1-11(2)13-6-7-17-14(8-13)5-4-12(9-15)10-16-3;1-11(2)12-5-9-15-13(10-12)4-6-14(3)7-8-14/h6-11H,15H2,1-3H3;5,9-11H,7-8H2,1-3H3/b12-9-,16-10?;. The van der Waals surface area contributed by atoms with Crippen LogP contribution in [0.4, 0.5) is 0 Å². The molecule has 0 aliphatic heterocycles. The predicted octanol–water partition coefficient (Wildman–Crippen LogP) is 5.46. The quantitative estimate of drug-likeness (QED) is 0.524. The van der Waals surface area contributed by atoms with Gasteiger partial charge >= 0.3 is 0 Å². The maximum absolute atomic E-state index is 5.42. The number of hydrogen-bond donors (Lipinski definition) is 1. The van der Waals surface area contributed by atoms with Gasteiger partial charge in [0.15, 0.2) is 0 Å². The topological polar surface area (TPSA) is 64.2 Å². The molecule has 0 radical (unpaired) electrons. The first-order valence-electron chi connectivity index (χ1n) is 11.1. The number of pyridine rings is 2. The van der Waals surface area contributed by atoms with Crippen LogP contribution in [0.15, 0.2) is 53.4 Å². The Labute approximate surface area is 193 Å². The van der Waals surface area contributed by atoms with Crippen LogP contribution in [0, 0.1) is 29.1 Å². The van der Waals surface area contributed by atoms with E-state index in [4.69, 9.17) is 5.73 Å². The first-order valence-corrected chi connectivity index (χ1v) is 11.1.